The van der Waals surface area contributed by atoms with Gasteiger partial charge in [0.2, 0.25) is 0 Å². The van der Waals surface area contributed by atoms with Gasteiger partial charge >= 0.3 is 18.2 Å². The summed E-state index contributed by atoms with van der Waals surface area (Å²) in [6.45, 7) is 16.8. The van der Waals surface area contributed by atoms with E-state index in [0.29, 0.717) is 139 Å². The summed E-state index contributed by atoms with van der Waals surface area (Å²) in [7, 11) is 0. The van der Waals surface area contributed by atoms with Gasteiger partial charge in [-0.1, -0.05) is 102 Å². The van der Waals surface area contributed by atoms with Crippen LogP contribution in [0.3, 0.4) is 0 Å². The van der Waals surface area contributed by atoms with E-state index >= 15 is 0 Å². The molecule has 5 amide bonds. The Morgan fingerprint density at radius 3 is 1.23 bits per heavy atom. The van der Waals surface area contributed by atoms with Gasteiger partial charge in [-0.15, -0.1) is 0 Å². The predicted molar refractivity (Wildman–Crippen MR) is 438 cm³/mol. The van der Waals surface area contributed by atoms with Gasteiger partial charge in [0.1, 0.15) is 69.8 Å². The summed E-state index contributed by atoms with van der Waals surface area (Å²) in [5.74, 6) is -1.17. The number of esters is 1. The van der Waals surface area contributed by atoms with Crippen molar-refractivity contribution in [1.82, 2.24) is 14.7 Å². The molecule has 24 nitrogen and oxygen atoms in total. The van der Waals surface area contributed by atoms with E-state index < -0.39 is 57.9 Å². The summed E-state index contributed by atoms with van der Waals surface area (Å²) in [5, 5.41) is 53.3. The van der Waals surface area contributed by atoms with Crippen LogP contribution >= 0.6 is 34.8 Å². The number of piperidine rings is 3. The Hall–Kier alpha value is -10.6. The maximum atomic E-state index is 13.8. The summed E-state index contributed by atoms with van der Waals surface area (Å²) in [6, 6.07) is 44.1. The largest absolute Gasteiger partial charge is 0.506 e. The van der Waals surface area contributed by atoms with E-state index in [1.807, 2.05) is 30.3 Å². The number of amides is 5. The fraction of sp³-hybridized carbons (Fsp3) is 0.409. The standard InChI is InChI=1S/C34H35ClFN3O5.C27H29ClFN3O5.C22H21ClFN3O3.C4H8O2.CH3.Pd/c1-33(2,3)44-32(41)39-20-30(43-29-18-28(26(35)17-27(29)39)42-21-24-7-5-4-6-8-24)31(40)38-15-13-34(22-37,14-16-38)19-23-9-11-25(36)12-10-23;1-26(2,3)37-25(35)32-15-23(36-22-13-21(33)19(28)12-20(22)32)24(34)31-10-8-27(16-30,9-11-31)14-17-4-6-18(29)7-5-17;23-16-9-17-19(10-18(16)28)30-20(12-26-17)21(29)27-7-5-22(13-25,6-8-27)11-14-1-3-15(24)4-2-14;1-3-6-4(2)5;;/h4-12,17-18,30H,13-16,19-21H2,1-3H3;4-7,12-13,23,33H,8-11,14-15H2,1-3H3;1-4,9-10,20,26,28H,5-8,11-12H2;3H2,1-2H3;1H3;/q;;;;-1;. The molecule has 3 atom stereocenters. The molecule has 0 saturated carbocycles. The molecule has 0 bridgehead atoms. The molecule has 7 aromatic rings. The SMILES string of the molecule is CC(C)(C)OC(=O)N1CC(C(=O)N2CCC(C#N)(Cc3ccc(F)cc3)CC2)Oc2cc(O)c(Cl)cc21.CC(C)(C)OC(=O)N1CC(C(=O)N2CCC(C#N)(Cc3ccc(F)cc3)CC2)Oc2cc(OCc3ccccc3)c(Cl)cc21.CCOC(C)=O.N#CC1(Cc2ccc(F)cc2)CCN(C(=O)C2CNc3cc(Cl)c(O)cc3O2)CC1.[CH3-].[Pd]. The molecule has 6 aliphatic rings. The third-order valence-corrected chi connectivity index (χ3v) is 21.4. The second kappa shape index (κ2) is 40.9. The second-order valence-corrected chi connectivity index (χ2v) is 32.7. The molecule has 7 aromatic carbocycles. The Morgan fingerprint density at radius 2 is 0.866 bits per heavy atom. The zero-order chi connectivity index (χ0) is 84.7. The Bertz CT molecular complexity index is 4870. The molecule has 3 unspecified atom stereocenters. The molecule has 13 rings (SSSR count). The molecule has 0 aliphatic carbocycles. The normalized spacial score (nSPS) is 17.7. The zero-order valence-electron chi connectivity index (χ0n) is 67.5. The number of nitrogens with one attached hydrogen (secondary N) is 1. The number of fused-ring (bicyclic) bond motifs is 3. The number of rotatable bonds is 13. The Kier molecular flexibility index (Phi) is 32.2. The molecular weight excluding hydrogens is 1690 g/mol. The van der Waals surface area contributed by atoms with Crippen molar-refractivity contribution in [2.45, 2.75) is 149 Å². The first-order chi connectivity index (χ1) is 55.5. The molecule has 6 aliphatic heterocycles. The van der Waals surface area contributed by atoms with Crippen molar-refractivity contribution in [2.75, 3.05) is 80.6 Å². The smallest absolute Gasteiger partial charge is 0.415 e. The molecular formula is C88H96Cl3F3N9O15Pd-. The van der Waals surface area contributed by atoms with Crippen molar-refractivity contribution < 1.29 is 106 Å². The van der Waals surface area contributed by atoms with E-state index in [1.54, 1.807) is 118 Å². The minimum absolute atomic E-state index is 0. The first kappa shape index (κ1) is 93.8. The fourth-order valence-corrected chi connectivity index (χ4v) is 14.7. The van der Waals surface area contributed by atoms with Crippen LogP contribution in [0.25, 0.3) is 0 Å². The molecule has 3 N–H and O–H groups in total. The number of carbonyl (C=O) groups excluding carboxylic acids is 6. The molecule has 0 aromatic heterocycles. The number of carbonyl (C=O) groups is 6. The Balaban J connectivity index is 0.000000216. The van der Waals surface area contributed by atoms with Crippen molar-refractivity contribution in [3.8, 4) is 52.7 Å². The maximum absolute atomic E-state index is 13.8. The van der Waals surface area contributed by atoms with E-state index in [0.717, 1.165) is 22.3 Å². The summed E-state index contributed by atoms with van der Waals surface area (Å²) in [6.07, 6.45) is 0.293. The van der Waals surface area contributed by atoms with E-state index in [-0.39, 0.29) is 127 Å². The van der Waals surface area contributed by atoms with Crippen LogP contribution in [0.4, 0.5) is 39.8 Å². The summed E-state index contributed by atoms with van der Waals surface area (Å²) in [5.41, 5.74) is 1.44. The van der Waals surface area contributed by atoms with Crippen LogP contribution in [0.15, 0.2) is 140 Å². The Morgan fingerprint density at radius 1 is 0.513 bits per heavy atom. The van der Waals surface area contributed by atoms with Gasteiger partial charge < -0.3 is 70.8 Å². The summed E-state index contributed by atoms with van der Waals surface area (Å²) in [4.78, 5) is 84.1. The summed E-state index contributed by atoms with van der Waals surface area (Å²) >= 11 is 18.6. The van der Waals surface area contributed by atoms with Gasteiger partial charge in [-0.3, -0.25) is 29.0 Å². The van der Waals surface area contributed by atoms with Gasteiger partial charge in [-0.05, 0) is 183 Å². The monoisotopic (exact) mass is 1790 g/mol. The Labute approximate surface area is 720 Å². The maximum Gasteiger partial charge on any atom is 0.415 e. The molecule has 0 spiro atoms. The van der Waals surface area contributed by atoms with Crippen LogP contribution < -0.4 is 34.1 Å². The molecule has 636 valence electrons. The van der Waals surface area contributed by atoms with E-state index in [1.165, 1.54) is 71.3 Å². The van der Waals surface area contributed by atoms with E-state index in [9.17, 15) is 67.9 Å². The zero-order valence-corrected chi connectivity index (χ0v) is 71.3. The van der Waals surface area contributed by atoms with Gasteiger partial charge in [0.25, 0.3) is 17.7 Å². The number of phenols is 2. The number of hydrogen-bond donors (Lipinski definition) is 3. The number of benzene rings is 7. The quantitative estimate of drug-likeness (QED) is 0.0317. The van der Waals surface area contributed by atoms with Gasteiger partial charge in [0, 0.05) is 84.8 Å². The molecule has 31 heteroatoms. The molecule has 3 fully saturated rings. The minimum Gasteiger partial charge on any atom is -0.506 e. The van der Waals surface area contributed by atoms with Crippen molar-refractivity contribution in [3.63, 3.8) is 0 Å². The van der Waals surface area contributed by atoms with Crippen molar-refractivity contribution in [1.29, 1.82) is 15.8 Å². The number of nitriles is 3. The number of aromatic hydroxyl groups is 2. The topological polar surface area (TPSA) is 307 Å². The molecule has 6 heterocycles. The first-order valence-electron chi connectivity index (χ1n) is 38.3. The average molecular weight is 1790 g/mol. The fourth-order valence-electron chi connectivity index (χ4n) is 14.2. The number of hydrogen-bond acceptors (Lipinski definition) is 19. The van der Waals surface area contributed by atoms with Gasteiger partial charge in [0.15, 0.2) is 18.3 Å². The predicted octanol–water partition coefficient (Wildman–Crippen LogP) is 16.7. The number of likely N-dealkylation sites (tertiary alicyclic amines) is 3. The third kappa shape index (κ3) is 25.0. The van der Waals surface area contributed by atoms with Gasteiger partial charge in [-0.2, -0.15) is 15.8 Å². The van der Waals surface area contributed by atoms with Crippen molar-refractivity contribution >= 4 is 87.7 Å². The molecule has 3 saturated heterocycles. The number of phenolic OH excluding ortho intramolecular Hbond substituents is 2. The van der Waals surface area contributed by atoms with Crippen LogP contribution in [-0.4, -0.2) is 156 Å². The van der Waals surface area contributed by atoms with Gasteiger partial charge in [0.05, 0.1) is 92.8 Å². The first-order valence-corrected chi connectivity index (χ1v) is 39.4. The average Bonchev–Trinajstić information content (AvgIpc) is 0.771. The van der Waals surface area contributed by atoms with E-state index in [4.69, 9.17) is 63.2 Å². The number of ether oxygens (including phenoxy) is 7. The van der Waals surface area contributed by atoms with E-state index in [2.05, 4.69) is 28.3 Å². The second-order valence-electron chi connectivity index (χ2n) is 31.5. The molecule has 0 radical (unpaired) electrons. The number of halogens is 6. The number of anilines is 3. The van der Waals surface area contributed by atoms with Crippen LogP contribution in [0, 0.1) is 75.1 Å². The third-order valence-electron chi connectivity index (χ3n) is 20.5. The van der Waals surface area contributed by atoms with Crippen molar-refractivity contribution in [2.24, 2.45) is 16.2 Å². The number of nitrogens with zero attached hydrogens (tertiary/aromatic N) is 8. The van der Waals surface area contributed by atoms with Crippen LogP contribution in [-0.2, 0) is 79.7 Å². The van der Waals surface area contributed by atoms with Crippen LogP contribution in [0.1, 0.15) is 116 Å². The molecule has 119 heavy (non-hydrogen) atoms. The van der Waals surface area contributed by atoms with Crippen LogP contribution in [0.2, 0.25) is 15.1 Å². The minimum atomic E-state index is -1.03. The van der Waals surface area contributed by atoms with Gasteiger partial charge in [-0.25, -0.2) is 22.8 Å². The van der Waals surface area contributed by atoms with Crippen molar-refractivity contribution in [3.05, 3.63) is 202 Å². The van der Waals surface area contributed by atoms with Crippen LogP contribution in [0.5, 0.6) is 34.5 Å². The summed E-state index contributed by atoms with van der Waals surface area (Å²) < 4.78 is 79.3.